The number of amides is 1. The van der Waals surface area contributed by atoms with Crippen molar-refractivity contribution in [3.05, 3.63) is 34.4 Å². The van der Waals surface area contributed by atoms with Crippen molar-refractivity contribution in [2.45, 2.75) is 44.1 Å². The van der Waals surface area contributed by atoms with Crippen molar-refractivity contribution in [2.24, 2.45) is 5.92 Å². The number of aromatic nitrogens is 2. The van der Waals surface area contributed by atoms with Crippen LogP contribution in [0.1, 0.15) is 31.7 Å². The summed E-state index contributed by atoms with van der Waals surface area (Å²) in [5.74, 6) is -1.68. The van der Waals surface area contributed by atoms with Gasteiger partial charge in [-0.15, -0.1) is 11.3 Å². The van der Waals surface area contributed by atoms with Gasteiger partial charge in [-0.25, -0.2) is 17.6 Å². The highest BCUT2D eigenvalue weighted by Crippen LogP contribution is 2.51. The van der Waals surface area contributed by atoms with E-state index in [9.17, 15) is 23.2 Å². The van der Waals surface area contributed by atoms with E-state index in [1.54, 1.807) is 0 Å². The number of ether oxygens (including phenoxy) is 2. The van der Waals surface area contributed by atoms with E-state index in [1.807, 2.05) is 11.0 Å². The number of carbonyl (C=O) groups is 1. The van der Waals surface area contributed by atoms with Crippen LogP contribution >= 0.6 is 22.9 Å². The Balaban J connectivity index is 1.26. The molecule has 1 amide bonds. The summed E-state index contributed by atoms with van der Waals surface area (Å²) < 4.78 is 72.9. The number of anilines is 2. The molecule has 1 unspecified atom stereocenters. The number of alkyl halides is 2. The maximum absolute atomic E-state index is 17.2. The minimum Gasteiger partial charge on any atom is -0.489 e. The Morgan fingerprint density at radius 1 is 1.26 bits per heavy atom. The molecule has 4 aliphatic heterocycles. The predicted molar refractivity (Wildman–Crippen MR) is 181 cm³/mol. The van der Waals surface area contributed by atoms with Gasteiger partial charge in [0, 0.05) is 49.5 Å². The molecule has 3 atom stereocenters. The number of hydrogen-bond donors (Lipinski definition) is 1. The normalized spacial score (nSPS) is 22.7. The van der Waals surface area contributed by atoms with E-state index in [0.717, 1.165) is 36.8 Å². The van der Waals surface area contributed by atoms with Crippen LogP contribution in [0.15, 0.2) is 12.1 Å². The first-order chi connectivity index (χ1) is 24.0. The smallest absolute Gasteiger partial charge is 0.319 e. The number of nitrogens with two attached hydrogens (primary N) is 1. The van der Waals surface area contributed by atoms with Gasteiger partial charge in [0.15, 0.2) is 17.7 Å². The molecule has 0 radical (unpaired) electrons. The third kappa shape index (κ3) is 5.17. The van der Waals surface area contributed by atoms with Crippen LogP contribution < -0.4 is 20.1 Å². The monoisotopic (exact) mass is 729 g/mol. The Bertz CT molecular complexity index is 2110. The quantitative estimate of drug-likeness (QED) is 0.233. The summed E-state index contributed by atoms with van der Waals surface area (Å²) in [4.78, 5) is 26.9. The van der Waals surface area contributed by atoms with Crippen LogP contribution in [0.3, 0.4) is 0 Å². The molecule has 16 heteroatoms. The highest BCUT2D eigenvalue weighted by Gasteiger charge is 2.49. The highest BCUT2D eigenvalue weighted by molar-refractivity contribution is 7.23. The molecule has 6 heterocycles. The first kappa shape index (κ1) is 33.0. The summed E-state index contributed by atoms with van der Waals surface area (Å²) in [6, 6.07) is 4.39. The maximum atomic E-state index is 17.2. The fraction of sp³-hybridized carbons (Fsp3) is 0.471. The average Bonchev–Trinajstić information content (AvgIpc) is 3.67. The van der Waals surface area contributed by atoms with Crippen molar-refractivity contribution in [2.75, 3.05) is 63.1 Å². The maximum Gasteiger partial charge on any atom is 0.319 e. The van der Waals surface area contributed by atoms with E-state index in [-0.39, 0.29) is 78.6 Å². The molecular formula is C34H32ClF4N7O3S. The summed E-state index contributed by atoms with van der Waals surface area (Å²) in [5.41, 5.74) is 5.38. The zero-order valence-corrected chi connectivity index (χ0v) is 28.5. The first-order valence-corrected chi connectivity index (χ1v) is 17.6. The molecule has 4 aromatic rings. The lowest BCUT2D eigenvalue weighted by molar-refractivity contribution is -0.142. The highest BCUT2D eigenvalue weighted by atomic mass is 35.5. The zero-order valence-electron chi connectivity index (χ0n) is 26.9. The van der Waals surface area contributed by atoms with Gasteiger partial charge in [-0.3, -0.25) is 9.69 Å². The van der Waals surface area contributed by atoms with Gasteiger partial charge in [0.05, 0.1) is 32.8 Å². The number of nitrogens with zero attached hydrogens (tertiary/aromatic N) is 6. The molecular weight excluding hydrogens is 698 g/mol. The van der Waals surface area contributed by atoms with Crippen molar-refractivity contribution < 1.29 is 31.8 Å². The minimum absolute atomic E-state index is 0.00120. The Kier molecular flexibility index (Phi) is 8.11. The van der Waals surface area contributed by atoms with Crippen molar-refractivity contribution >= 4 is 60.7 Å². The lowest BCUT2D eigenvalue weighted by Crippen LogP contribution is -2.55. The van der Waals surface area contributed by atoms with Crippen LogP contribution in [-0.2, 0) is 4.79 Å². The summed E-state index contributed by atoms with van der Waals surface area (Å²) in [6.45, 7) is 3.89. The lowest BCUT2D eigenvalue weighted by Gasteiger charge is -2.42. The average molecular weight is 730 g/mol. The molecule has 0 spiro atoms. The van der Waals surface area contributed by atoms with E-state index < -0.39 is 35.4 Å². The number of fused-ring (bicyclic) bond motifs is 2. The largest absolute Gasteiger partial charge is 0.489 e. The number of halogens is 5. The summed E-state index contributed by atoms with van der Waals surface area (Å²) in [6.07, 6.45) is -0.631. The summed E-state index contributed by atoms with van der Waals surface area (Å²) in [5, 5.41) is 10.2. The van der Waals surface area contributed by atoms with E-state index in [1.165, 1.54) is 17.9 Å². The van der Waals surface area contributed by atoms with Crippen molar-refractivity contribution in [1.29, 1.82) is 5.26 Å². The number of nitriles is 1. The molecule has 2 aromatic carbocycles. The van der Waals surface area contributed by atoms with Gasteiger partial charge >= 0.3 is 6.01 Å². The fourth-order valence-corrected chi connectivity index (χ4v) is 9.31. The SMILES string of the molecule is CC(F)C(=O)N1CC(CN2CCOc3c(Cl)c(-c4ccc(F)c5sc(N)c(C#N)c45)c(F)c4nc(OC[C@@]56CCCN5C[C@H](F)C6)nc2c34)C1. The molecule has 50 heavy (non-hydrogen) atoms. The Morgan fingerprint density at radius 2 is 2.06 bits per heavy atom. The number of carbonyl (C=O) groups excluding carboxylic acids is 1. The molecule has 262 valence electrons. The standard InChI is InChI=1S/C34H32ClF4N7O3S/c1-16(36)32(47)45-12-17(13-45)11-44-7-8-48-28-24-27(42-33(43-31(24)44)49-15-34-5-2-6-46(34)14-18(37)9-34)26(39)23(25(28)35)19-3-4-21(38)29-22(19)20(10-40)30(41)50-29/h3-4,16-18H,2,5-9,11-15,41H2,1H3/t16?,18-,34+/m1/s1. The van der Waals surface area contributed by atoms with Crippen molar-refractivity contribution in [3.8, 4) is 29.0 Å². The molecule has 3 saturated heterocycles. The number of thiophene rings is 1. The summed E-state index contributed by atoms with van der Waals surface area (Å²) >= 11 is 7.87. The molecule has 0 aliphatic carbocycles. The zero-order chi connectivity index (χ0) is 35.1. The Morgan fingerprint density at radius 3 is 2.82 bits per heavy atom. The van der Waals surface area contributed by atoms with Gasteiger partial charge in [0.2, 0.25) is 0 Å². The number of benzene rings is 2. The minimum atomic E-state index is -1.60. The van der Waals surface area contributed by atoms with Crippen LogP contribution in [0.4, 0.5) is 28.4 Å². The van der Waals surface area contributed by atoms with Gasteiger partial charge < -0.3 is 25.0 Å². The summed E-state index contributed by atoms with van der Waals surface area (Å²) in [7, 11) is 0. The van der Waals surface area contributed by atoms with E-state index in [0.29, 0.717) is 45.0 Å². The third-order valence-electron chi connectivity index (χ3n) is 10.4. The third-order valence-corrected chi connectivity index (χ3v) is 11.8. The van der Waals surface area contributed by atoms with Gasteiger partial charge in [-0.2, -0.15) is 15.2 Å². The second-order valence-electron chi connectivity index (χ2n) is 13.5. The van der Waals surface area contributed by atoms with Crippen LogP contribution in [0, 0.1) is 28.9 Å². The van der Waals surface area contributed by atoms with Crippen molar-refractivity contribution in [1.82, 2.24) is 19.8 Å². The molecule has 2 N–H and O–H groups in total. The number of rotatable bonds is 7. The second kappa shape index (κ2) is 12.3. The van der Waals surface area contributed by atoms with Crippen LogP contribution in [0.25, 0.3) is 32.1 Å². The number of hydrogen-bond acceptors (Lipinski definition) is 10. The molecule has 8 rings (SSSR count). The van der Waals surface area contributed by atoms with Gasteiger partial charge in [-0.1, -0.05) is 17.7 Å². The second-order valence-corrected chi connectivity index (χ2v) is 15.0. The molecule has 0 saturated carbocycles. The molecule has 2 aromatic heterocycles. The molecule has 10 nitrogen and oxygen atoms in total. The van der Waals surface area contributed by atoms with Gasteiger partial charge in [0.25, 0.3) is 5.91 Å². The van der Waals surface area contributed by atoms with Crippen LogP contribution in [-0.4, -0.2) is 96.0 Å². The Labute approximate surface area is 293 Å². The van der Waals surface area contributed by atoms with Crippen molar-refractivity contribution in [3.63, 3.8) is 0 Å². The first-order valence-electron chi connectivity index (χ1n) is 16.5. The van der Waals surface area contributed by atoms with Gasteiger partial charge in [0.1, 0.15) is 47.6 Å². The molecule has 4 aliphatic rings. The van der Waals surface area contributed by atoms with E-state index >= 15 is 4.39 Å². The van der Waals surface area contributed by atoms with E-state index in [4.69, 9.17) is 31.8 Å². The van der Waals surface area contributed by atoms with Crippen LogP contribution in [0.2, 0.25) is 5.02 Å². The Hall–Kier alpha value is -4.13. The topological polar surface area (TPSA) is 121 Å². The predicted octanol–water partition coefficient (Wildman–Crippen LogP) is 5.87. The van der Waals surface area contributed by atoms with Crippen LogP contribution in [0.5, 0.6) is 11.8 Å². The van der Waals surface area contributed by atoms with E-state index in [2.05, 4.69) is 9.88 Å². The fourth-order valence-electron chi connectivity index (χ4n) is 8.03. The van der Waals surface area contributed by atoms with Gasteiger partial charge in [-0.05, 0) is 37.9 Å². The lowest BCUT2D eigenvalue weighted by atomic mass is 9.95. The number of nitrogen functional groups attached to an aromatic ring is 1. The molecule has 0 bridgehead atoms. The number of likely N-dealkylation sites (tertiary alicyclic amines) is 1. The molecule has 3 fully saturated rings.